The Morgan fingerprint density at radius 1 is 1.15 bits per heavy atom. The number of hydrogen-bond acceptors (Lipinski definition) is 5. The van der Waals surface area contributed by atoms with E-state index in [0.717, 1.165) is 24.8 Å². The first-order valence-electron chi connectivity index (χ1n) is 9.11. The van der Waals surface area contributed by atoms with E-state index in [4.69, 9.17) is 4.74 Å². The van der Waals surface area contributed by atoms with Crippen LogP contribution in [0.5, 0.6) is 5.75 Å². The van der Waals surface area contributed by atoms with Gasteiger partial charge in [-0.05, 0) is 24.6 Å². The third kappa shape index (κ3) is 2.95. The van der Waals surface area contributed by atoms with Crippen molar-refractivity contribution in [3.63, 3.8) is 0 Å². The van der Waals surface area contributed by atoms with Crippen molar-refractivity contribution in [2.45, 2.75) is 32.7 Å². The third-order valence-electron chi connectivity index (χ3n) is 4.71. The van der Waals surface area contributed by atoms with Crippen molar-refractivity contribution in [1.82, 2.24) is 24.1 Å². The average Bonchev–Trinajstić information content (AvgIpc) is 3.16. The van der Waals surface area contributed by atoms with Crippen LogP contribution in [0.2, 0.25) is 0 Å². The summed E-state index contributed by atoms with van der Waals surface area (Å²) in [6.07, 6.45) is 6.41. The van der Waals surface area contributed by atoms with Crippen LogP contribution in [-0.2, 0) is 6.54 Å². The van der Waals surface area contributed by atoms with Gasteiger partial charge in [0, 0.05) is 18.3 Å². The lowest BCUT2D eigenvalue weighted by Gasteiger charge is -2.13. The summed E-state index contributed by atoms with van der Waals surface area (Å²) in [5, 5.41) is 4.83. The summed E-state index contributed by atoms with van der Waals surface area (Å²) in [6, 6.07) is 9.47. The van der Waals surface area contributed by atoms with Gasteiger partial charge in [-0.25, -0.2) is 4.98 Å². The Morgan fingerprint density at radius 3 is 2.81 bits per heavy atom. The first-order chi connectivity index (χ1) is 13.2. The molecule has 0 bridgehead atoms. The van der Waals surface area contributed by atoms with Gasteiger partial charge in [-0.3, -0.25) is 4.79 Å². The molecule has 4 aromatic rings. The Kier molecular flexibility index (Phi) is 4.58. The smallest absolute Gasteiger partial charge is 0.262 e. The van der Waals surface area contributed by atoms with Crippen LogP contribution in [0.1, 0.15) is 26.2 Å². The van der Waals surface area contributed by atoms with Crippen LogP contribution < -0.4 is 10.3 Å². The van der Waals surface area contributed by atoms with Crippen LogP contribution >= 0.6 is 0 Å². The van der Waals surface area contributed by atoms with Crippen LogP contribution in [-0.4, -0.2) is 31.3 Å². The number of rotatable bonds is 6. The van der Waals surface area contributed by atoms with Gasteiger partial charge in [0.05, 0.1) is 23.7 Å². The van der Waals surface area contributed by atoms with E-state index in [-0.39, 0.29) is 5.56 Å². The van der Waals surface area contributed by atoms with Crippen LogP contribution in [0.4, 0.5) is 0 Å². The van der Waals surface area contributed by atoms with Crippen molar-refractivity contribution < 1.29 is 4.74 Å². The maximum atomic E-state index is 13.3. The first-order valence-corrected chi connectivity index (χ1v) is 9.11. The number of pyridine rings is 1. The van der Waals surface area contributed by atoms with E-state index in [1.165, 1.54) is 6.33 Å². The molecule has 0 saturated heterocycles. The van der Waals surface area contributed by atoms with Gasteiger partial charge < -0.3 is 9.30 Å². The van der Waals surface area contributed by atoms with Crippen LogP contribution in [0.25, 0.3) is 27.9 Å². The lowest BCUT2D eigenvalue weighted by Crippen LogP contribution is -2.21. The number of unbranched alkanes of at least 4 members (excludes halogenated alkanes) is 2. The predicted octanol–water partition coefficient (Wildman–Crippen LogP) is 3.31. The molecule has 0 radical (unpaired) electrons. The minimum atomic E-state index is -0.0746. The van der Waals surface area contributed by atoms with Crippen LogP contribution in [0, 0.1) is 0 Å². The second-order valence-electron chi connectivity index (χ2n) is 6.41. The zero-order valence-corrected chi connectivity index (χ0v) is 15.4. The van der Waals surface area contributed by atoms with E-state index < -0.39 is 0 Å². The summed E-state index contributed by atoms with van der Waals surface area (Å²) in [5.41, 5.74) is 1.97. The molecule has 27 heavy (non-hydrogen) atoms. The van der Waals surface area contributed by atoms with Gasteiger partial charge in [-0.15, -0.1) is 0 Å². The maximum Gasteiger partial charge on any atom is 0.262 e. The molecule has 3 heterocycles. The SMILES string of the molecule is CCCCCn1ccc2nc3ncnn3c(-c3ccccc3OC)c2c1=O. The largest absolute Gasteiger partial charge is 0.496 e. The molecular formula is C20H21N5O2. The van der Waals surface area contributed by atoms with Crippen LogP contribution in [0.3, 0.4) is 0 Å². The van der Waals surface area contributed by atoms with Crippen LogP contribution in [0.15, 0.2) is 47.7 Å². The van der Waals surface area contributed by atoms with E-state index in [0.29, 0.717) is 34.7 Å². The molecule has 0 amide bonds. The highest BCUT2D eigenvalue weighted by Gasteiger charge is 2.19. The number of fused-ring (bicyclic) bond motifs is 2. The summed E-state index contributed by atoms with van der Waals surface area (Å²) in [6.45, 7) is 2.83. The number of aromatic nitrogens is 5. The van der Waals surface area contributed by atoms with Crippen molar-refractivity contribution >= 4 is 16.7 Å². The van der Waals surface area contributed by atoms with E-state index in [1.807, 2.05) is 36.5 Å². The lowest BCUT2D eigenvalue weighted by molar-refractivity contribution is 0.416. The van der Waals surface area contributed by atoms with Gasteiger partial charge in [0.25, 0.3) is 11.3 Å². The quantitative estimate of drug-likeness (QED) is 0.491. The maximum absolute atomic E-state index is 13.3. The molecule has 3 aromatic heterocycles. The number of aryl methyl sites for hydroxylation is 1. The summed E-state index contributed by atoms with van der Waals surface area (Å²) < 4.78 is 8.89. The average molecular weight is 363 g/mol. The summed E-state index contributed by atoms with van der Waals surface area (Å²) in [7, 11) is 1.61. The van der Waals surface area contributed by atoms with E-state index in [2.05, 4.69) is 22.0 Å². The molecule has 138 valence electrons. The number of hydrogen-bond donors (Lipinski definition) is 0. The highest BCUT2D eigenvalue weighted by Crippen LogP contribution is 2.32. The topological polar surface area (TPSA) is 74.3 Å². The molecule has 0 aliphatic heterocycles. The summed E-state index contributed by atoms with van der Waals surface area (Å²) >= 11 is 0. The molecule has 0 atom stereocenters. The number of para-hydroxylation sites is 1. The highest BCUT2D eigenvalue weighted by molar-refractivity contribution is 5.94. The Balaban J connectivity index is 2.05. The number of nitrogens with zero attached hydrogens (tertiary/aromatic N) is 5. The van der Waals surface area contributed by atoms with Gasteiger partial charge in [0.1, 0.15) is 12.1 Å². The molecular weight excluding hydrogens is 342 g/mol. The van der Waals surface area contributed by atoms with Gasteiger partial charge in [-0.1, -0.05) is 31.9 Å². The normalized spacial score (nSPS) is 11.3. The lowest BCUT2D eigenvalue weighted by atomic mass is 10.1. The number of ether oxygens (including phenoxy) is 1. The van der Waals surface area contributed by atoms with Crippen molar-refractivity contribution in [1.29, 1.82) is 0 Å². The first kappa shape index (κ1) is 17.2. The second kappa shape index (κ2) is 7.19. The molecule has 0 unspecified atom stereocenters. The fourth-order valence-electron chi connectivity index (χ4n) is 3.36. The predicted molar refractivity (Wildman–Crippen MR) is 104 cm³/mol. The molecule has 0 aliphatic carbocycles. The van der Waals surface area contributed by atoms with Crippen molar-refractivity contribution in [2.24, 2.45) is 0 Å². The Hall–Kier alpha value is -3.22. The molecule has 0 N–H and O–H groups in total. The monoisotopic (exact) mass is 363 g/mol. The van der Waals surface area contributed by atoms with Gasteiger partial charge >= 0.3 is 0 Å². The van der Waals surface area contributed by atoms with E-state index in [1.54, 1.807) is 16.2 Å². The summed E-state index contributed by atoms with van der Waals surface area (Å²) in [5.74, 6) is 1.12. The minimum Gasteiger partial charge on any atom is -0.496 e. The molecule has 0 spiro atoms. The molecule has 7 nitrogen and oxygen atoms in total. The number of benzene rings is 1. The zero-order chi connectivity index (χ0) is 18.8. The molecule has 0 fully saturated rings. The van der Waals surface area contributed by atoms with Gasteiger partial charge in [-0.2, -0.15) is 14.6 Å². The van der Waals surface area contributed by atoms with Crippen molar-refractivity contribution in [3.8, 4) is 17.0 Å². The second-order valence-corrected chi connectivity index (χ2v) is 6.41. The van der Waals surface area contributed by atoms with Crippen molar-refractivity contribution in [2.75, 3.05) is 7.11 Å². The fraction of sp³-hybridized carbons (Fsp3) is 0.300. The molecule has 7 heteroatoms. The fourth-order valence-corrected chi connectivity index (χ4v) is 3.36. The third-order valence-corrected chi connectivity index (χ3v) is 4.71. The Morgan fingerprint density at radius 2 is 2.00 bits per heavy atom. The molecule has 0 saturated carbocycles. The highest BCUT2D eigenvalue weighted by atomic mass is 16.5. The molecule has 1 aromatic carbocycles. The Labute approximate surface area is 156 Å². The van der Waals surface area contributed by atoms with Gasteiger partial charge in [0.2, 0.25) is 0 Å². The number of methoxy groups -OCH3 is 1. The summed E-state index contributed by atoms with van der Waals surface area (Å²) in [4.78, 5) is 22.0. The minimum absolute atomic E-state index is 0.0746. The van der Waals surface area contributed by atoms with Crippen molar-refractivity contribution in [3.05, 3.63) is 53.2 Å². The van der Waals surface area contributed by atoms with E-state index >= 15 is 0 Å². The zero-order valence-electron chi connectivity index (χ0n) is 15.4. The van der Waals surface area contributed by atoms with E-state index in [9.17, 15) is 4.79 Å². The van der Waals surface area contributed by atoms with Gasteiger partial charge in [0.15, 0.2) is 0 Å². The molecule has 4 rings (SSSR count). The standard InChI is InChI=1S/C20H21N5O2/c1-3-4-7-11-24-12-10-15-17(19(24)26)18(25-20(23-15)21-13-22-25)14-8-5-6-9-16(14)27-2/h5-6,8-10,12-13H,3-4,7,11H2,1-2H3. The Bertz CT molecular complexity index is 1160. The molecule has 0 aliphatic rings.